The highest BCUT2D eigenvalue weighted by molar-refractivity contribution is 7.20. The number of ether oxygens (including phenoxy) is 2. The molecule has 0 aliphatic carbocycles. The third-order valence-electron chi connectivity index (χ3n) is 4.29. The van der Waals surface area contributed by atoms with Gasteiger partial charge in [0, 0.05) is 25.3 Å². The second-order valence-electron chi connectivity index (χ2n) is 6.27. The number of nitrogens with one attached hydrogen (secondary N) is 1. The first-order valence-electron chi connectivity index (χ1n) is 8.50. The zero-order valence-electron chi connectivity index (χ0n) is 14.2. The van der Waals surface area contributed by atoms with Crippen LogP contribution in [-0.2, 0) is 4.74 Å². The van der Waals surface area contributed by atoms with E-state index in [0.29, 0.717) is 22.1 Å². The van der Waals surface area contributed by atoms with Crippen molar-refractivity contribution < 1.29 is 22.6 Å². The molecule has 0 bridgehead atoms. The Balaban J connectivity index is 1.46. The molecule has 0 radical (unpaired) electrons. The lowest BCUT2D eigenvalue weighted by Gasteiger charge is -2.21. The number of alkyl halides is 3. The van der Waals surface area contributed by atoms with E-state index >= 15 is 0 Å². The molecule has 2 aromatic heterocycles. The molecular formula is C17H17F3N4O2S. The Morgan fingerprint density at radius 2 is 2.11 bits per heavy atom. The smallest absolute Gasteiger partial charge is 0.406 e. The van der Waals surface area contributed by atoms with E-state index < -0.39 is 6.36 Å². The fraction of sp³-hybridized carbons (Fsp3) is 0.412. The number of imidazole rings is 1. The molecule has 144 valence electrons. The minimum atomic E-state index is -4.72. The Labute approximate surface area is 156 Å². The molecule has 3 heterocycles. The molecule has 6 nitrogen and oxygen atoms in total. The van der Waals surface area contributed by atoms with Crippen molar-refractivity contribution in [3.8, 4) is 17.0 Å². The number of aromatic nitrogens is 3. The lowest BCUT2D eigenvalue weighted by molar-refractivity contribution is -0.274. The third-order valence-corrected chi connectivity index (χ3v) is 5.17. The van der Waals surface area contributed by atoms with E-state index in [2.05, 4.69) is 20.1 Å². The van der Waals surface area contributed by atoms with Crippen molar-refractivity contribution in [3.63, 3.8) is 0 Å². The molecule has 1 N–H and O–H groups in total. The summed E-state index contributed by atoms with van der Waals surface area (Å²) in [6.45, 7) is 2.44. The zero-order valence-corrected chi connectivity index (χ0v) is 15.0. The summed E-state index contributed by atoms with van der Waals surface area (Å²) >= 11 is 1.40. The van der Waals surface area contributed by atoms with Crippen LogP contribution in [0.3, 0.4) is 0 Å². The summed E-state index contributed by atoms with van der Waals surface area (Å²) in [6.07, 6.45) is -0.954. The summed E-state index contributed by atoms with van der Waals surface area (Å²) in [5, 5.41) is 8.54. The minimum Gasteiger partial charge on any atom is -0.406 e. The average molecular weight is 398 g/mol. The van der Waals surface area contributed by atoms with Crippen LogP contribution in [0.25, 0.3) is 16.2 Å². The minimum absolute atomic E-state index is 0.275. The molecule has 27 heavy (non-hydrogen) atoms. The van der Waals surface area contributed by atoms with Gasteiger partial charge in [-0.3, -0.25) is 0 Å². The molecule has 1 saturated heterocycles. The fourth-order valence-electron chi connectivity index (χ4n) is 2.95. The highest BCUT2D eigenvalue weighted by Crippen LogP contribution is 2.29. The first-order chi connectivity index (χ1) is 13.0. The van der Waals surface area contributed by atoms with E-state index in [4.69, 9.17) is 4.74 Å². The molecule has 0 amide bonds. The third kappa shape index (κ3) is 4.51. The average Bonchev–Trinajstić information content (AvgIpc) is 3.18. The summed E-state index contributed by atoms with van der Waals surface area (Å²) in [6, 6.07) is 5.74. The summed E-state index contributed by atoms with van der Waals surface area (Å²) in [7, 11) is 0. The molecule has 0 unspecified atom stereocenters. The number of halogens is 3. The van der Waals surface area contributed by atoms with Crippen molar-refractivity contribution >= 4 is 21.4 Å². The quantitative estimate of drug-likeness (QED) is 0.698. The van der Waals surface area contributed by atoms with Gasteiger partial charge in [0.1, 0.15) is 5.75 Å². The maximum absolute atomic E-state index is 12.4. The monoisotopic (exact) mass is 398 g/mol. The summed E-state index contributed by atoms with van der Waals surface area (Å²) in [5.41, 5.74) is 1.07. The Hall–Kier alpha value is -2.33. The molecular weight excluding hydrogens is 381 g/mol. The maximum Gasteiger partial charge on any atom is 0.573 e. The van der Waals surface area contributed by atoms with Crippen LogP contribution >= 0.6 is 11.3 Å². The fourth-order valence-corrected chi connectivity index (χ4v) is 3.73. The highest BCUT2D eigenvalue weighted by atomic mass is 32.1. The molecule has 10 heteroatoms. The van der Waals surface area contributed by atoms with Crippen molar-refractivity contribution in [2.75, 3.05) is 25.1 Å². The Morgan fingerprint density at radius 1 is 1.30 bits per heavy atom. The number of hydrogen-bond donors (Lipinski definition) is 1. The van der Waals surface area contributed by atoms with Gasteiger partial charge in [0.25, 0.3) is 0 Å². The molecule has 0 spiro atoms. The van der Waals surface area contributed by atoms with Crippen molar-refractivity contribution in [3.05, 3.63) is 30.5 Å². The van der Waals surface area contributed by atoms with Crippen LogP contribution in [0.5, 0.6) is 5.75 Å². The number of nitrogens with zero attached hydrogens (tertiary/aromatic N) is 3. The number of benzene rings is 1. The van der Waals surface area contributed by atoms with E-state index in [1.54, 1.807) is 16.8 Å². The predicted molar refractivity (Wildman–Crippen MR) is 95.0 cm³/mol. The van der Waals surface area contributed by atoms with Gasteiger partial charge < -0.3 is 14.8 Å². The van der Waals surface area contributed by atoms with Crippen LogP contribution in [0.2, 0.25) is 0 Å². The van der Waals surface area contributed by atoms with Crippen LogP contribution in [-0.4, -0.2) is 40.7 Å². The van der Waals surface area contributed by atoms with Crippen molar-refractivity contribution in [2.24, 2.45) is 5.92 Å². The maximum atomic E-state index is 12.4. The number of anilines is 1. The number of hydrogen-bond acceptors (Lipinski definition) is 6. The molecule has 1 fully saturated rings. The largest absolute Gasteiger partial charge is 0.573 e. The van der Waals surface area contributed by atoms with Crippen molar-refractivity contribution in [2.45, 2.75) is 19.2 Å². The van der Waals surface area contributed by atoms with Crippen LogP contribution in [0.1, 0.15) is 12.8 Å². The van der Waals surface area contributed by atoms with Crippen LogP contribution in [0.4, 0.5) is 18.3 Å². The molecule has 1 aliphatic rings. The lowest BCUT2D eigenvalue weighted by Crippen LogP contribution is -2.22. The van der Waals surface area contributed by atoms with Gasteiger partial charge in [-0.15, -0.1) is 18.3 Å². The highest BCUT2D eigenvalue weighted by Gasteiger charge is 2.31. The first-order valence-corrected chi connectivity index (χ1v) is 9.32. The van der Waals surface area contributed by atoms with E-state index in [1.165, 1.54) is 29.5 Å². The van der Waals surface area contributed by atoms with Crippen molar-refractivity contribution in [1.82, 2.24) is 14.6 Å². The van der Waals surface area contributed by atoms with E-state index in [-0.39, 0.29) is 5.75 Å². The van der Waals surface area contributed by atoms with Crippen molar-refractivity contribution in [1.29, 1.82) is 0 Å². The van der Waals surface area contributed by atoms with Gasteiger partial charge in [0.05, 0.1) is 11.9 Å². The van der Waals surface area contributed by atoms with Gasteiger partial charge in [0.2, 0.25) is 10.1 Å². The van der Waals surface area contributed by atoms with E-state index in [9.17, 15) is 13.2 Å². The topological polar surface area (TPSA) is 60.7 Å². The van der Waals surface area contributed by atoms with Crippen LogP contribution < -0.4 is 10.1 Å². The first kappa shape index (κ1) is 18.1. The summed E-state index contributed by atoms with van der Waals surface area (Å²) in [4.78, 5) is 5.13. The standard InChI is InChI=1S/C17H17F3N4O2S/c18-17(19,20)26-13-3-1-2-12(8-13)14-10-24-16(22-14)27-15(23-24)21-9-11-4-6-25-7-5-11/h1-3,8,10-11H,4-7,9H2,(H,21,23). The van der Waals surface area contributed by atoms with Gasteiger partial charge >= 0.3 is 6.36 Å². The zero-order chi connectivity index (χ0) is 18.9. The number of fused-ring (bicyclic) bond motifs is 1. The van der Waals surface area contributed by atoms with E-state index in [1.807, 2.05) is 0 Å². The molecule has 0 saturated carbocycles. The molecule has 1 aliphatic heterocycles. The summed E-state index contributed by atoms with van der Waals surface area (Å²) < 4.78 is 48.1. The Kier molecular flexibility index (Phi) is 4.92. The summed E-state index contributed by atoms with van der Waals surface area (Å²) in [5.74, 6) is 0.296. The molecule has 1 aromatic carbocycles. The van der Waals surface area contributed by atoms with Gasteiger partial charge in [-0.25, -0.2) is 9.50 Å². The second kappa shape index (κ2) is 7.35. The molecule has 3 aromatic rings. The predicted octanol–water partition coefficient (Wildman–Crippen LogP) is 4.19. The number of rotatable bonds is 5. The molecule has 0 atom stereocenters. The van der Waals surface area contributed by atoms with Gasteiger partial charge in [0.15, 0.2) is 0 Å². The Morgan fingerprint density at radius 3 is 2.85 bits per heavy atom. The lowest BCUT2D eigenvalue weighted by atomic mass is 10.0. The normalized spacial score (nSPS) is 16.0. The van der Waals surface area contributed by atoms with E-state index in [0.717, 1.165) is 37.7 Å². The van der Waals surface area contributed by atoms with Gasteiger partial charge in [-0.2, -0.15) is 0 Å². The van der Waals surface area contributed by atoms with Crippen LogP contribution in [0, 0.1) is 5.92 Å². The SMILES string of the molecule is FC(F)(F)Oc1cccc(-c2cn3nc(NCC4CCOCC4)sc3n2)c1. The van der Waals surface area contributed by atoms with Crippen LogP contribution in [0.15, 0.2) is 30.5 Å². The van der Waals surface area contributed by atoms with Gasteiger partial charge in [-0.1, -0.05) is 23.5 Å². The molecule has 4 rings (SSSR count). The van der Waals surface area contributed by atoms with Gasteiger partial charge in [-0.05, 0) is 30.9 Å². The second-order valence-corrected chi connectivity index (χ2v) is 7.23. The Bertz CT molecular complexity index is 887.